The van der Waals surface area contributed by atoms with E-state index in [2.05, 4.69) is 12.2 Å². The number of nitrogens with one attached hydrogen (secondary N) is 1. The Morgan fingerprint density at radius 2 is 2.07 bits per heavy atom. The third kappa shape index (κ3) is 19.6. The molecule has 0 aromatic rings. The van der Waals surface area contributed by atoms with E-state index in [0.29, 0.717) is 19.2 Å². The van der Waals surface area contributed by atoms with Crippen LogP contribution in [0.1, 0.15) is 39.5 Å². The Morgan fingerprint density at radius 3 is 2.40 bits per heavy atom. The van der Waals surface area contributed by atoms with E-state index in [-0.39, 0.29) is 5.83 Å². The highest BCUT2D eigenvalue weighted by Crippen LogP contribution is 2.05. The van der Waals surface area contributed by atoms with Crippen LogP contribution in [0.4, 0.5) is 8.78 Å². The SMILES string of the molecule is C/C=C(\F)CC/C=C/F.CCCCNC. The Morgan fingerprint density at radius 1 is 1.40 bits per heavy atom. The summed E-state index contributed by atoms with van der Waals surface area (Å²) in [5, 5.41) is 3.07. The zero-order chi connectivity index (χ0) is 11.9. The van der Waals surface area contributed by atoms with Gasteiger partial charge in [-0.1, -0.05) is 25.5 Å². The van der Waals surface area contributed by atoms with Gasteiger partial charge in [-0.15, -0.1) is 0 Å². The van der Waals surface area contributed by atoms with Crippen LogP contribution in [0.2, 0.25) is 0 Å². The van der Waals surface area contributed by atoms with Gasteiger partial charge in [0.1, 0.15) is 0 Å². The van der Waals surface area contributed by atoms with E-state index in [1.165, 1.54) is 25.0 Å². The number of hydrogen-bond donors (Lipinski definition) is 1. The van der Waals surface area contributed by atoms with Crippen LogP contribution >= 0.6 is 0 Å². The monoisotopic (exact) mass is 219 g/mol. The minimum Gasteiger partial charge on any atom is -0.320 e. The Balaban J connectivity index is 0. The normalized spacial score (nSPS) is 11.4. The van der Waals surface area contributed by atoms with Crippen molar-refractivity contribution in [2.24, 2.45) is 0 Å². The van der Waals surface area contributed by atoms with Gasteiger partial charge in [-0.05, 0) is 33.4 Å². The molecule has 1 nitrogen and oxygen atoms in total. The number of hydrogen-bond acceptors (Lipinski definition) is 1. The molecule has 3 heteroatoms. The fourth-order valence-electron chi connectivity index (χ4n) is 0.782. The van der Waals surface area contributed by atoms with Crippen LogP contribution in [0.25, 0.3) is 0 Å². The standard InChI is InChI=1S/C7H10F2.C5H13N/c1-2-7(9)5-3-4-6-8;1-3-4-5-6-2/h2,4,6H,3,5H2,1H3;6H,3-5H2,1-2H3/b6-4+,7-2-;. The Labute approximate surface area is 92.3 Å². The van der Waals surface area contributed by atoms with E-state index in [0.717, 1.165) is 6.54 Å². The fraction of sp³-hybridized carbons (Fsp3) is 0.667. The average Bonchev–Trinajstić information content (AvgIpc) is 2.27. The van der Waals surface area contributed by atoms with Crippen molar-refractivity contribution < 1.29 is 8.78 Å². The number of halogens is 2. The second-order valence-corrected chi connectivity index (χ2v) is 3.09. The molecular weight excluding hydrogens is 196 g/mol. The maximum absolute atomic E-state index is 12.2. The Hall–Kier alpha value is -0.700. The summed E-state index contributed by atoms with van der Waals surface area (Å²) < 4.78 is 23.4. The molecule has 0 heterocycles. The maximum atomic E-state index is 12.2. The Kier molecular flexibility index (Phi) is 17.6. The van der Waals surface area contributed by atoms with Crippen molar-refractivity contribution >= 4 is 0 Å². The van der Waals surface area contributed by atoms with Crippen LogP contribution in [-0.2, 0) is 0 Å². The molecule has 0 aromatic heterocycles. The summed E-state index contributed by atoms with van der Waals surface area (Å²) >= 11 is 0. The molecule has 0 aliphatic rings. The molecule has 0 amide bonds. The second-order valence-electron chi connectivity index (χ2n) is 3.09. The first kappa shape index (κ1) is 16.7. The average molecular weight is 219 g/mol. The molecule has 0 rings (SSSR count). The molecule has 0 aromatic carbocycles. The van der Waals surface area contributed by atoms with Gasteiger partial charge in [0.05, 0.1) is 12.2 Å². The molecule has 15 heavy (non-hydrogen) atoms. The summed E-state index contributed by atoms with van der Waals surface area (Å²) in [6.45, 7) is 4.97. The van der Waals surface area contributed by atoms with Gasteiger partial charge in [-0.25, -0.2) is 8.78 Å². The Bertz CT molecular complexity index is 161. The molecular formula is C12H23F2N. The summed E-state index contributed by atoms with van der Waals surface area (Å²) in [7, 11) is 1.98. The first-order valence-electron chi connectivity index (χ1n) is 5.43. The highest BCUT2D eigenvalue weighted by atomic mass is 19.1. The number of unbranched alkanes of at least 4 members (excludes halogenated alkanes) is 1. The van der Waals surface area contributed by atoms with Crippen LogP contribution in [0.5, 0.6) is 0 Å². The van der Waals surface area contributed by atoms with Crippen LogP contribution in [0, 0.1) is 0 Å². The highest BCUT2D eigenvalue weighted by molar-refractivity contribution is 4.90. The van der Waals surface area contributed by atoms with Crippen LogP contribution in [0.15, 0.2) is 24.3 Å². The van der Waals surface area contributed by atoms with Gasteiger partial charge in [-0.2, -0.15) is 0 Å². The summed E-state index contributed by atoms with van der Waals surface area (Å²) in [6.07, 6.45) is 6.44. The molecule has 0 bridgehead atoms. The van der Waals surface area contributed by atoms with Crippen molar-refractivity contribution in [2.45, 2.75) is 39.5 Å². The highest BCUT2D eigenvalue weighted by Gasteiger charge is 1.87. The summed E-state index contributed by atoms with van der Waals surface area (Å²) in [5.74, 6) is -0.187. The lowest BCUT2D eigenvalue weighted by molar-refractivity contribution is 0.588. The molecule has 0 unspecified atom stereocenters. The van der Waals surface area contributed by atoms with Crippen molar-refractivity contribution in [3.05, 3.63) is 24.3 Å². The van der Waals surface area contributed by atoms with Crippen LogP contribution in [-0.4, -0.2) is 13.6 Å². The van der Waals surface area contributed by atoms with Crippen LogP contribution in [0.3, 0.4) is 0 Å². The molecule has 0 spiro atoms. The van der Waals surface area contributed by atoms with Gasteiger partial charge in [0.25, 0.3) is 0 Å². The minimum atomic E-state index is -0.187. The van der Waals surface area contributed by atoms with E-state index in [1.54, 1.807) is 6.92 Å². The van der Waals surface area contributed by atoms with Gasteiger partial charge in [0.2, 0.25) is 0 Å². The van der Waals surface area contributed by atoms with Crippen molar-refractivity contribution in [2.75, 3.05) is 13.6 Å². The smallest absolute Gasteiger partial charge is 0.0960 e. The van der Waals surface area contributed by atoms with Gasteiger partial charge in [0.15, 0.2) is 0 Å². The van der Waals surface area contributed by atoms with E-state index in [9.17, 15) is 8.78 Å². The van der Waals surface area contributed by atoms with Crippen molar-refractivity contribution in [3.63, 3.8) is 0 Å². The number of allylic oxidation sites excluding steroid dienone is 3. The van der Waals surface area contributed by atoms with Crippen LogP contribution < -0.4 is 5.32 Å². The van der Waals surface area contributed by atoms with E-state index < -0.39 is 0 Å². The largest absolute Gasteiger partial charge is 0.320 e. The molecule has 0 radical (unpaired) electrons. The summed E-state index contributed by atoms with van der Waals surface area (Å²) in [6, 6.07) is 0. The molecule has 1 N–H and O–H groups in total. The van der Waals surface area contributed by atoms with E-state index in [4.69, 9.17) is 0 Å². The molecule has 0 aliphatic carbocycles. The fourth-order valence-corrected chi connectivity index (χ4v) is 0.782. The quantitative estimate of drug-likeness (QED) is 0.662. The molecule has 90 valence electrons. The minimum absolute atomic E-state index is 0.187. The van der Waals surface area contributed by atoms with Crippen molar-refractivity contribution in [1.29, 1.82) is 0 Å². The summed E-state index contributed by atoms with van der Waals surface area (Å²) in [5.41, 5.74) is 0. The third-order valence-electron chi connectivity index (χ3n) is 1.73. The van der Waals surface area contributed by atoms with Crippen molar-refractivity contribution in [1.82, 2.24) is 5.32 Å². The zero-order valence-electron chi connectivity index (χ0n) is 10.0. The molecule has 0 atom stereocenters. The molecule has 0 fully saturated rings. The number of rotatable bonds is 6. The lowest BCUT2D eigenvalue weighted by Crippen LogP contribution is -2.06. The predicted molar refractivity (Wildman–Crippen MR) is 63.2 cm³/mol. The maximum Gasteiger partial charge on any atom is 0.0960 e. The van der Waals surface area contributed by atoms with E-state index in [1.807, 2.05) is 7.05 Å². The first-order chi connectivity index (χ1) is 7.22. The zero-order valence-corrected chi connectivity index (χ0v) is 10.0. The lowest BCUT2D eigenvalue weighted by Gasteiger charge is -1.89. The molecule has 0 saturated carbocycles. The third-order valence-corrected chi connectivity index (χ3v) is 1.73. The van der Waals surface area contributed by atoms with Gasteiger partial charge >= 0.3 is 0 Å². The summed E-state index contributed by atoms with van der Waals surface area (Å²) in [4.78, 5) is 0. The predicted octanol–water partition coefficient (Wildman–Crippen LogP) is 4.13. The van der Waals surface area contributed by atoms with Gasteiger partial charge in [-0.3, -0.25) is 0 Å². The molecule has 0 saturated heterocycles. The second kappa shape index (κ2) is 15.8. The van der Waals surface area contributed by atoms with Crippen molar-refractivity contribution in [3.8, 4) is 0 Å². The first-order valence-corrected chi connectivity index (χ1v) is 5.43. The van der Waals surface area contributed by atoms with Gasteiger partial charge in [0, 0.05) is 6.42 Å². The van der Waals surface area contributed by atoms with E-state index >= 15 is 0 Å². The topological polar surface area (TPSA) is 12.0 Å². The lowest BCUT2D eigenvalue weighted by atomic mass is 10.3. The van der Waals surface area contributed by atoms with Gasteiger partial charge < -0.3 is 5.32 Å². The molecule has 0 aliphatic heterocycles.